The number of primary amides is 1. The van der Waals surface area contributed by atoms with Crippen molar-refractivity contribution in [1.82, 2.24) is 15.2 Å². The molecule has 8 heteroatoms. The molecule has 0 aliphatic heterocycles. The summed E-state index contributed by atoms with van der Waals surface area (Å²) in [6, 6.07) is 13.1. The van der Waals surface area contributed by atoms with Crippen molar-refractivity contribution in [2.45, 2.75) is 31.7 Å². The maximum absolute atomic E-state index is 14.3. The molecule has 1 fully saturated rings. The van der Waals surface area contributed by atoms with Gasteiger partial charge in [0.2, 0.25) is 0 Å². The minimum Gasteiger partial charge on any atom is -0.364 e. The molecule has 1 amide bonds. The van der Waals surface area contributed by atoms with E-state index in [0.717, 1.165) is 25.0 Å². The van der Waals surface area contributed by atoms with E-state index in [1.54, 1.807) is 43.3 Å². The van der Waals surface area contributed by atoms with Gasteiger partial charge in [-0.15, -0.1) is 10.2 Å². The zero-order valence-electron chi connectivity index (χ0n) is 16.4. The fourth-order valence-electron chi connectivity index (χ4n) is 3.56. The third-order valence-electron chi connectivity index (χ3n) is 5.41. The zero-order valence-corrected chi connectivity index (χ0v) is 16.4. The smallest absolute Gasteiger partial charge is 0.267 e. The first-order chi connectivity index (χ1) is 14.4. The molecule has 0 saturated heterocycles. The number of aromatic nitrogens is 3. The second kappa shape index (κ2) is 7.62. The summed E-state index contributed by atoms with van der Waals surface area (Å²) in [6.07, 6.45) is 2.68. The molecular weight excluding hydrogens is 383 g/mol. The van der Waals surface area contributed by atoms with E-state index in [-0.39, 0.29) is 5.69 Å². The lowest BCUT2D eigenvalue weighted by Gasteiger charge is -2.42. The van der Waals surface area contributed by atoms with E-state index < -0.39 is 17.3 Å². The molecule has 2 heterocycles. The van der Waals surface area contributed by atoms with Crippen molar-refractivity contribution in [2.75, 3.05) is 5.32 Å². The highest BCUT2D eigenvalue weighted by Gasteiger charge is 2.40. The first-order valence-corrected chi connectivity index (χ1v) is 9.63. The Morgan fingerprint density at radius 3 is 2.57 bits per heavy atom. The van der Waals surface area contributed by atoms with Crippen molar-refractivity contribution >= 4 is 17.4 Å². The third-order valence-corrected chi connectivity index (χ3v) is 5.41. The zero-order chi connectivity index (χ0) is 21.3. The Bertz CT molecular complexity index is 1120. The van der Waals surface area contributed by atoms with Crippen molar-refractivity contribution in [3.8, 4) is 11.3 Å². The summed E-state index contributed by atoms with van der Waals surface area (Å²) in [5.41, 5.74) is 7.54. The number of benzene rings is 1. The minimum atomic E-state index is -0.570. The van der Waals surface area contributed by atoms with Crippen molar-refractivity contribution < 1.29 is 9.18 Å². The van der Waals surface area contributed by atoms with E-state index in [0.29, 0.717) is 28.4 Å². The number of carbonyl (C=O) groups excluding carboxylic acids is 1. The number of anilines is 1. The lowest BCUT2D eigenvalue weighted by Crippen LogP contribution is -2.43. The van der Waals surface area contributed by atoms with Gasteiger partial charge in [0, 0.05) is 11.3 Å². The molecule has 0 bridgehead atoms. The molecule has 0 unspecified atom stereocenters. The van der Waals surface area contributed by atoms with Gasteiger partial charge in [0.05, 0.1) is 16.9 Å². The summed E-state index contributed by atoms with van der Waals surface area (Å²) in [6.45, 7) is 1.65. The number of nitrogens with one attached hydrogen (secondary N) is 2. The van der Waals surface area contributed by atoms with Crippen LogP contribution in [0.2, 0.25) is 0 Å². The van der Waals surface area contributed by atoms with Gasteiger partial charge in [-0.1, -0.05) is 12.1 Å². The van der Waals surface area contributed by atoms with E-state index >= 15 is 0 Å². The number of halogens is 1. The average molecular weight is 404 g/mol. The summed E-state index contributed by atoms with van der Waals surface area (Å²) in [7, 11) is 0. The number of hydrogen-bond donors (Lipinski definition) is 3. The Morgan fingerprint density at radius 2 is 1.97 bits per heavy atom. The molecule has 30 heavy (non-hydrogen) atoms. The number of rotatable bonds is 6. The van der Waals surface area contributed by atoms with Gasteiger partial charge in [0.1, 0.15) is 17.3 Å². The minimum absolute atomic E-state index is 0.221. The van der Waals surface area contributed by atoms with E-state index in [9.17, 15) is 9.18 Å². The van der Waals surface area contributed by atoms with Gasteiger partial charge in [-0.2, -0.15) is 0 Å². The van der Waals surface area contributed by atoms with Crippen molar-refractivity contribution in [3.63, 3.8) is 0 Å². The Balaban J connectivity index is 1.61. The summed E-state index contributed by atoms with van der Waals surface area (Å²) in [5, 5.41) is 19.5. The SMILES string of the molecule is CC(=N)c1ccc(F)c(-c2ccc(NC3(c4cccc(C(N)=O)n4)CCC3)nn2)c1. The van der Waals surface area contributed by atoms with Gasteiger partial charge in [-0.3, -0.25) is 4.79 Å². The second-order valence-corrected chi connectivity index (χ2v) is 7.46. The number of nitrogens with two attached hydrogens (primary N) is 1. The maximum atomic E-state index is 14.3. The Hall–Kier alpha value is -3.68. The number of nitrogens with zero attached hydrogens (tertiary/aromatic N) is 3. The maximum Gasteiger partial charge on any atom is 0.267 e. The summed E-state index contributed by atoms with van der Waals surface area (Å²) >= 11 is 0. The highest BCUT2D eigenvalue weighted by Crippen LogP contribution is 2.43. The number of pyridine rings is 1. The fraction of sp³-hybridized carbons (Fsp3) is 0.227. The normalized spacial score (nSPS) is 14.6. The highest BCUT2D eigenvalue weighted by molar-refractivity contribution is 5.97. The molecule has 2 aromatic heterocycles. The molecule has 1 aromatic carbocycles. The molecule has 0 atom stereocenters. The summed E-state index contributed by atoms with van der Waals surface area (Å²) in [5.74, 6) is -0.456. The van der Waals surface area contributed by atoms with Gasteiger partial charge < -0.3 is 16.5 Å². The molecule has 0 radical (unpaired) electrons. The van der Waals surface area contributed by atoms with Gasteiger partial charge in [-0.25, -0.2) is 9.37 Å². The van der Waals surface area contributed by atoms with Crippen LogP contribution in [0.25, 0.3) is 11.3 Å². The van der Waals surface area contributed by atoms with Crippen molar-refractivity contribution in [2.24, 2.45) is 5.73 Å². The lowest BCUT2D eigenvalue weighted by molar-refractivity contribution is 0.0994. The number of hydrogen-bond acceptors (Lipinski definition) is 6. The van der Waals surface area contributed by atoms with Crippen LogP contribution in [0.4, 0.5) is 10.2 Å². The van der Waals surface area contributed by atoms with Crippen LogP contribution < -0.4 is 11.1 Å². The fourth-order valence-corrected chi connectivity index (χ4v) is 3.56. The molecule has 4 rings (SSSR count). The quantitative estimate of drug-likeness (QED) is 0.542. The van der Waals surface area contributed by atoms with E-state index in [1.807, 2.05) is 6.07 Å². The molecule has 1 saturated carbocycles. The van der Waals surface area contributed by atoms with Crippen LogP contribution in [0.15, 0.2) is 48.5 Å². The first-order valence-electron chi connectivity index (χ1n) is 9.63. The van der Waals surface area contributed by atoms with Crippen LogP contribution in [0.5, 0.6) is 0 Å². The van der Waals surface area contributed by atoms with Gasteiger partial charge >= 0.3 is 0 Å². The molecule has 4 N–H and O–H groups in total. The molecular formula is C22H21FN6O. The first kappa shape index (κ1) is 19.6. The Morgan fingerprint density at radius 1 is 1.17 bits per heavy atom. The molecule has 152 valence electrons. The van der Waals surface area contributed by atoms with Crippen LogP contribution >= 0.6 is 0 Å². The number of amides is 1. The standard InChI is InChI=1S/C22H21FN6O/c1-13(24)14-6-7-16(23)15(12-14)17-8-9-20(29-28-17)27-22(10-3-11-22)19-5-2-4-18(26-19)21(25)30/h2,4-9,12,24H,3,10-11H2,1H3,(H2,25,30)(H,27,29). The number of carbonyl (C=O) groups is 1. The predicted octanol–water partition coefficient (Wildman–Crippen LogP) is 3.66. The summed E-state index contributed by atoms with van der Waals surface area (Å²) in [4.78, 5) is 15.9. The van der Waals surface area contributed by atoms with Crippen LogP contribution in [0.1, 0.15) is 47.9 Å². The van der Waals surface area contributed by atoms with E-state index in [2.05, 4.69) is 20.5 Å². The summed E-state index contributed by atoms with van der Waals surface area (Å²) < 4.78 is 14.3. The topological polar surface area (TPSA) is 118 Å². The van der Waals surface area contributed by atoms with Crippen LogP contribution in [0.3, 0.4) is 0 Å². The van der Waals surface area contributed by atoms with E-state index in [1.165, 1.54) is 6.07 Å². The van der Waals surface area contributed by atoms with Crippen molar-refractivity contribution in [1.29, 1.82) is 5.41 Å². The van der Waals surface area contributed by atoms with Crippen LogP contribution in [-0.2, 0) is 5.54 Å². The van der Waals surface area contributed by atoms with E-state index in [4.69, 9.17) is 11.1 Å². The van der Waals surface area contributed by atoms with Crippen LogP contribution in [0, 0.1) is 11.2 Å². The Labute approximate surface area is 173 Å². The average Bonchev–Trinajstić information content (AvgIpc) is 2.71. The monoisotopic (exact) mass is 404 g/mol. The lowest BCUT2D eigenvalue weighted by atomic mass is 9.74. The predicted molar refractivity (Wildman–Crippen MR) is 112 cm³/mol. The van der Waals surface area contributed by atoms with Crippen LogP contribution in [-0.4, -0.2) is 26.8 Å². The van der Waals surface area contributed by atoms with Crippen molar-refractivity contribution in [3.05, 3.63) is 71.3 Å². The molecule has 1 aliphatic rings. The largest absolute Gasteiger partial charge is 0.364 e. The molecule has 0 spiro atoms. The van der Waals surface area contributed by atoms with Gasteiger partial charge in [0.15, 0.2) is 0 Å². The Kier molecular flexibility index (Phi) is 4.99. The molecule has 1 aliphatic carbocycles. The highest BCUT2D eigenvalue weighted by atomic mass is 19.1. The van der Waals surface area contributed by atoms with Gasteiger partial charge in [0.25, 0.3) is 5.91 Å². The molecule has 3 aromatic rings. The molecule has 7 nitrogen and oxygen atoms in total. The second-order valence-electron chi connectivity index (χ2n) is 7.46. The third kappa shape index (κ3) is 3.63. The van der Waals surface area contributed by atoms with Gasteiger partial charge in [-0.05, 0) is 68.1 Å².